The van der Waals surface area contributed by atoms with Crippen molar-refractivity contribution in [2.24, 2.45) is 0 Å². The maximum Gasteiger partial charge on any atom is 0.256 e. The van der Waals surface area contributed by atoms with Gasteiger partial charge in [0.25, 0.3) is 5.91 Å². The zero-order valence-electron chi connectivity index (χ0n) is 16.0. The predicted molar refractivity (Wildman–Crippen MR) is 109 cm³/mol. The van der Waals surface area contributed by atoms with Crippen molar-refractivity contribution in [3.8, 4) is 5.75 Å². The quantitative estimate of drug-likeness (QED) is 0.756. The molecule has 1 N–H and O–H groups in total. The van der Waals surface area contributed by atoms with Crippen molar-refractivity contribution in [1.82, 2.24) is 9.88 Å². The lowest BCUT2D eigenvalue weighted by atomic mass is 9.93. The second-order valence-corrected chi connectivity index (χ2v) is 7.49. The van der Waals surface area contributed by atoms with Gasteiger partial charge in [0.15, 0.2) is 0 Å². The van der Waals surface area contributed by atoms with Gasteiger partial charge in [-0.1, -0.05) is 36.4 Å². The molecule has 0 unspecified atom stereocenters. The van der Waals surface area contributed by atoms with Gasteiger partial charge in [0.05, 0.1) is 17.6 Å². The van der Waals surface area contributed by atoms with Gasteiger partial charge in [-0.3, -0.25) is 9.78 Å². The van der Waals surface area contributed by atoms with Crippen molar-refractivity contribution >= 4 is 16.8 Å². The van der Waals surface area contributed by atoms with Gasteiger partial charge in [0.2, 0.25) is 0 Å². The zero-order chi connectivity index (χ0) is 19.6. The molecular formula is C23H24N2O3. The minimum absolute atomic E-state index is 0.0988. The number of piperidine rings is 1. The van der Waals surface area contributed by atoms with Gasteiger partial charge in [-0.2, -0.15) is 0 Å². The lowest BCUT2D eigenvalue weighted by Crippen LogP contribution is -2.53. The van der Waals surface area contributed by atoms with Crippen LogP contribution in [0.5, 0.6) is 5.75 Å². The highest BCUT2D eigenvalue weighted by molar-refractivity contribution is 6.05. The van der Waals surface area contributed by atoms with E-state index in [0.717, 1.165) is 23.1 Å². The second-order valence-electron chi connectivity index (χ2n) is 7.49. The maximum absolute atomic E-state index is 13.2. The first-order valence-corrected chi connectivity index (χ1v) is 9.60. The molecule has 0 aliphatic carbocycles. The Bertz CT molecular complexity index is 999. The number of amides is 1. The van der Waals surface area contributed by atoms with Gasteiger partial charge >= 0.3 is 0 Å². The molecule has 1 atom stereocenters. The molecule has 5 nitrogen and oxygen atoms in total. The molecule has 4 rings (SSSR count). The first-order chi connectivity index (χ1) is 13.6. The Hall–Kier alpha value is -2.92. The van der Waals surface area contributed by atoms with E-state index in [4.69, 9.17) is 4.74 Å². The number of β-amino-alcohol motifs (C(OH)–C–C–N with tert-alkyl or cyclic N) is 1. The Morgan fingerprint density at radius 2 is 2.00 bits per heavy atom. The van der Waals surface area contributed by atoms with Gasteiger partial charge < -0.3 is 14.7 Å². The van der Waals surface area contributed by atoms with Crippen LogP contribution in [0.15, 0.2) is 60.8 Å². The third kappa shape index (κ3) is 3.71. The molecule has 1 fully saturated rings. The molecule has 1 amide bonds. The summed E-state index contributed by atoms with van der Waals surface area (Å²) in [5.74, 6) is 0.663. The summed E-state index contributed by atoms with van der Waals surface area (Å²) in [4.78, 5) is 19.3. The molecule has 0 radical (unpaired) electrons. The topological polar surface area (TPSA) is 62.7 Å². The van der Waals surface area contributed by atoms with Crippen LogP contribution in [0.1, 0.15) is 28.8 Å². The van der Waals surface area contributed by atoms with E-state index in [9.17, 15) is 9.90 Å². The molecule has 3 aromatic rings. The summed E-state index contributed by atoms with van der Waals surface area (Å²) in [5.41, 5.74) is 1.23. The molecule has 1 aliphatic heterocycles. The van der Waals surface area contributed by atoms with Crippen LogP contribution >= 0.6 is 0 Å². The van der Waals surface area contributed by atoms with E-state index in [1.165, 1.54) is 0 Å². The van der Waals surface area contributed by atoms with Crippen molar-refractivity contribution in [1.29, 1.82) is 0 Å². The van der Waals surface area contributed by atoms with Gasteiger partial charge in [-0.05, 0) is 43.5 Å². The van der Waals surface area contributed by atoms with Gasteiger partial charge in [-0.15, -0.1) is 0 Å². The van der Waals surface area contributed by atoms with Crippen LogP contribution in [0.4, 0.5) is 0 Å². The number of ether oxygens (including phenoxy) is 1. The van der Waals surface area contributed by atoms with Crippen molar-refractivity contribution < 1.29 is 14.6 Å². The number of pyridine rings is 1. The fourth-order valence-electron chi connectivity index (χ4n) is 3.78. The Morgan fingerprint density at radius 1 is 1.18 bits per heavy atom. The first-order valence-electron chi connectivity index (χ1n) is 9.60. The van der Waals surface area contributed by atoms with E-state index in [0.29, 0.717) is 24.0 Å². The molecule has 1 aromatic heterocycles. The first kappa shape index (κ1) is 18.4. The number of hydrogen-bond donors (Lipinski definition) is 1. The maximum atomic E-state index is 13.2. The number of fused-ring (bicyclic) bond motifs is 1. The molecule has 0 spiro atoms. The number of carbonyl (C=O) groups excluding carboxylic acids is 1. The van der Waals surface area contributed by atoms with E-state index in [2.05, 4.69) is 4.98 Å². The summed E-state index contributed by atoms with van der Waals surface area (Å²) in [7, 11) is 0. The van der Waals surface area contributed by atoms with Crippen LogP contribution in [-0.4, -0.2) is 46.2 Å². The highest BCUT2D eigenvalue weighted by Gasteiger charge is 2.36. The Labute approximate surface area is 164 Å². The highest BCUT2D eigenvalue weighted by atomic mass is 16.5. The fourth-order valence-corrected chi connectivity index (χ4v) is 3.78. The van der Waals surface area contributed by atoms with Crippen molar-refractivity contribution in [3.63, 3.8) is 0 Å². The third-order valence-corrected chi connectivity index (χ3v) is 5.30. The van der Waals surface area contributed by atoms with Crippen molar-refractivity contribution in [2.45, 2.75) is 25.4 Å². The Morgan fingerprint density at radius 3 is 2.86 bits per heavy atom. The second kappa shape index (κ2) is 7.60. The van der Waals surface area contributed by atoms with E-state index in [-0.39, 0.29) is 19.1 Å². The zero-order valence-corrected chi connectivity index (χ0v) is 16.0. The number of benzene rings is 2. The monoisotopic (exact) mass is 376 g/mol. The summed E-state index contributed by atoms with van der Waals surface area (Å²) < 4.78 is 5.88. The molecule has 28 heavy (non-hydrogen) atoms. The average Bonchev–Trinajstić information content (AvgIpc) is 2.72. The number of carbonyl (C=O) groups is 1. The van der Waals surface area contributed by atoms with Crippen LogP contribution in [0, 0.1) is 6.92 Å². The van der Waals surface area contributed by atoms with E-state index in [1.807, 2.05) is 55.5 Å². The highest BCUT2D eigenvalue weighted by Crippen LogP contribution is 2.26. The number of hydrogen-bond acceptors (Lipinski definition) is 4. The summed E-state index contributed by atoms with van der Waals surface area (Å²) in [5, 5.41) is 12.0. The molecular weight excluding hydrogens is 352 g/mol. The molecule has 2 aromatic carbocycles. The van der Waals surface area contributed by atoms with Gasteiger partial charge in [0, 0.05) is 18.1 Å². The number of likely N-dealkylation sites (tertiary alicyclic amines) is 1. The molecule has 144 valence electrons. The SMILES string of the molecule is Cc1ccccc1OC[C@]1(O)CCCN(C(=O)c2cccc3cccnc23)C1. The minimum atomic E-state index is -1.06. The molecule has 2 heterocycles. The lowest BCUT2D eigenvalue weighted by molar-refractivity contribution is -0.0532. The normalized spacial score (nSPS) is 19.6. The standard InChI is InChI=1S/C23H24N2O3/c1-17-7-2-3-11-20(17)28-16-23(27)12-6-14-25(15-23)22(26)19-10-4-8-18-9-5-13-24-21(18)19/h2-5,7-11,13,27H,6,12,14-16H2,1H3/t23-/m0/s1. The number of aryl methyl sites for hydroxylation is 1. The van der Waals surface area contributed by atoms with Gasteiger partial charge in [0.1, 0.15) is 18.0 Å². The van der Waals surface area contributed by atoms with E-state index in [1.54, 1.807) is 17.2 Å². The van der Waals surface area contributed by atoms with Crippen molar-refractivity contribution in [3.05, 3.63) is 71.9 Å². The lowest BCUT2D eigenvalue weighted by Gasteiger charge is -2.39. The average molecular weight is 376 g/mol. The number of para-hydroxylation sites is 2. The summed E-state index contributed by atoms with van der Waals surface area (Å²) in [6, 6.07) is 17.2. The predicted octanol–water partition coefficient (Wildman–Crippen LogP) is 3.59. The molecule has 1 saturated heterocycles. The number of rotatable bonds is 4. The fraction of sp³-hybridized carbons (Fsp3) is 0.304. The Kier molecular flexibility index (Phi) is 5.01. The van der Waals surface area contributed by atoms with Crippen molar-refractivity contribution in [2.75, 3.05) is 19.7 Å². The number of aliphatic hydroxyl groups is 1. The summed E-state index contributed by atoms with van der Waals surface area (Å²) in [6.45, 7) is 3.01. The number of aromatic nitrogens is 1. The third-order valence-electron chi connectivity index (χ3n) is 5.30. The molecule has 0 bridgehead atoms. The smallest absolute Gasteiger partial charge is 0.256 e. The summed E-state index contributed by atoms with van der Waals surface area (Å²) >= 11 is 0. The van der Waals surface area contributed by atoms with Crippen LogP contribution in [0.25, 0.3) is 10.9 Å². The van der Waals surface area contributed by atoms with E-state index >= 15 is 0 Å². The van der Waals surface area contributed by atoms with Crippen LogP contribution < -0.4 is 4.74 Å². The largest absolute Gasteiger partial charge is 0.490 e. The minimum Gasteiger partial charge on any atom is -0.490 e. The van der Waals surface area contributed by atoms with Crippen LogP contribution in [0.2, 0.25) is 0 Å². The summed E-state index contributed by atoms with van der Waals surface area (Å²) in [6.07, 6.45) is 3.04. The van der Waals surface area contributed by atoms with E-state index < -0.39 is 5.60 Å². The number of nitrogens with zero attached hydrogens (tertiary/aromatic N) is 2. The molecule has 5 heteroatoms. The van der Waals surface area contributed by atoms with Crippen LogP contribution in [0.3, 0.4) is 0 Å². The Balaban J connectivity index is 1.51. The van der Waals surface area contributed by atoms with Crippen LogP contribution in [-0.2, 0) is 0 Å². The molecule has 0 saturated carbocycles. The molecule has 1 aliphatic rings. The van der Waals surface area contributed by atoms with Gasteiger partial charge in [-0.25, -0.2) is 0 Å².